The van der Waals surface area contributed by atoms with Crippen molar-refractivity contribution in [1.82, 2.24) is 10.3 Å². The quantitative estimate of drug-likeness (QED) is 0.843. The molecule has 5 heteroatoms. The summed E-state index contributed by atoms with van der Waals surface area (Å²) in [5, 5.41) is 3.13. The van der Waals surface area contributed by atoms with Crippen LogP contribution in [-0.2, 0) is 4.74 Å². The lowest BCUT2D eigenvalue weighted by Crippen LogP contribution is -2.44. The largest absolute Gasteiger partial charge is 0.465 e. The first kappa shape index (κ1) is 16.6. The van der Waals surface area contributed by atoms with Gasteiger partial charge in [-0.1, -0.05) is 26.7 Å². The highest BCUT2D eigenvalue weighted by molar-refractivity contribution is 6.00. The summed E-state index contributed by atoms with van der Waals surface area (Å²) in [4.78, 5) is 27.4. The summed E-state index contributed by atoms with van der Waals surface area (Å²) < 4.78 is 4.78. The van der Waals surface area contributed by atoms with Crippen LogP contribution in [0.1, 0.15) is 65.2 Å². The Morgan fingerprint density at radius 1 is 1.23 bits per heavy atom. The third-order valence-electron chi connectivity index (χ3n) is 5.08. The molecule has 0 bridgehead atoms. The fourth-order valence-electron chi connectivity index (χ4n) is 3.41. The number of methoxy groups -OCH3 is 1. The van der Waals surface area contributed by atoms with Crippen LogP contribution in [0.4, 0.5) is 0 Å². The molecule has 22 heavy (non-hydrogen) atoms. The molecule has 0 radical (unpaired) electrons. The zero-order valence-electron chi connectivity index (χ0n) is 14.1. The lowest BCUT2D eigenvalue weighted by Gasteiger charge is -2.34. The van der Waals surface area contributed by atoms with Crippen molar-refractivity contribution in [2.75, 3.05) is 7.11 Å². The van der Waals surface area contributed by atoms with Crippen LogP contribution in [0.25, 0.3) is 0 Å². The number of hydrogen-bond acceptors (Lipinski definition) is 3. The first-order chi connectivity index (χ1) is 10.4. The van der Waals surface area contributed by atoms with Crippen LogP contribution in [0.5, 0.6) is 0 Å². The van der Waals surface area contributed by atoms with Gasteiger partial charge < -0.3 is 15.0 Å². The van der Waals surface area contributed by atoms with E-state index >= 15 is 0 Å². The monoisotopic (exact) mass is 306 g/mol. The van der Waals surface area contributed by atoms with Gasteiger partial charge in [-0.2, -0.15) is 0 Å². The average Bonchev–Trinajstić information content (AvgIpc) is 2.78. The normalized spacial score (nSPS) is 24.9. The van der Waals surface area contributed by atoms with Crippen molar-refractivity contribution >= 4 is 11.9 Å². The molecule has 0 saturated heterocycles. The number of aromatic nitrogens is 1. The van der Waals surface area contributed by atoms with E-state index in [4.69, 9.17) is 4.74 Å². The summed E-state index contributed by atoms with van der Waals surface area (Å²) in [6.07, 6.45) is 3.38. The van der Waals surface area contributed by atoms with Crippen molar-refractivity contribution in [3.8, 4) is 0 Å². The van der Waals surface area contributed by atoms with Crippen LogP contribution in [0, 0.1) is 25.7 Å². The number of nitrogens with one attached hydrogen (secondary N) is 2. The molecule has 0 aromatic carbocycles. The molecule has 1 aromatic heterocycles. The fraction of sp³-hybridized carbons (Fsp3) is 0.647. The van der Waals surface area contributed by atoms with Gasteiger partial charge in [0.25, 0.3) is 5.91 Å². The zero-order chi connectivity index (χ0) is 16.4. The number of carbonyl (C=O) groups is 2. The second-order valence-corrected chi connectivity index (χ2v) is 6.46. The molecule has 5 nitrogen and oxygen atoms in total. The number of carbonyl (C=O) groups excluding carboxylic acids is 2. The number of ether oxygens (including phenoxy) is 1. The standard InChI is InChI=1S/C17H26N2O3/c1-9-7-6-8-13(10(9)2)19-16(20)15-11(3)14(12(4)18-15)17(21)22-5/h9-10,13,18H,6-8H2,1-5H3,(H,19,20)/t9-,10-,13+/m0/s1. The average molecular weight is 306 g/mol. The molecule has 0 aliphatic heterocycles. The van der Waals surface area contributed by atoms with Gasteiger partial charge in [-0.25, -0.2) is 4.79 Å². The molecule has 1 amide bonds. The highest BCUT2D eigenvalue weighted by atomic mass is 16.5. The lowest BCUT2D eigenvalue weighted by atomic mass is 9.78. The third kappa shape index (κ3) is 3.03. The van der Waals surface area contributed by atoms with Gasteiger partial charge in [0.05, 0.1) is 12.7 Å². The first-order valence-electron chi connectivity index (χ1n) is 7.95. The highest BCUT2D eigenvalue weighted by Crippen LogP contribution is 2.30. The van der Waals surface area contributed by atoms with Crippen LogP contribution < -0.4 is 5.32 Å². The number of aryl methyl sites for hydroxylation is 1. The molecule has 1 heterocycles. The van der Waals surface area contributed by atoms with Gasteiger partial charge in [-0.05, 0) is 37.7 Å². The smallest absolute Gasteiger partial charge is 0.339 e. The topological polar surface area (TPSA) is 71.2 Å². The molecule has 3 atom stereocenters. The minimum Gasteiger partial charge on any atom is -0.465 e. The Balaban J connectivity index is 2.18. The van der Waals surface area contributed by atoms with Gasteiger partial charge in [-0.3, -0.25) is 4.79 Å². The summed E-state index contributed by atoms with van der Waals surface area (Å²) in [5.41, 5.74) is 2.24. The minimum absolute atomic E-state index is 0.137. The van der Waals surface area contributed by atoms with Crippen molar-refractivity contribution < 1.29 is 14.3 Å². The molecule has 2 rings (SSSR count). The second-order valence-electron chi connectivity index (χ2n) is 6.46. The van der Waals surface area contributed by atoms with Crippen LogP contribution in [0.3, 0.4) is 0 Å². The fourth-order valence-corrected chi connectivity index (χ4v) is 3.41. The van der Waals surface area contributed by atoms with Crippen LogP contribution in [0.15, 0.2) is 0 Å². The van der Waals surface area contributed by atoms with E-state index in [9.17, 15) is 9.59 Å². The number of H-pyrrole nitrogens is 1. The van der Waals surface area contributed by atoms with Crippen molar-refractivity contribution in [3.05, 3.63) is 22.5 Å². The van der Waals surface area contributed by atoms with Gasteiger partial charge in [0.1, 0.15) is 5.69 Å². The molecule has 2 N–H and O–H groups in total. The molecule has 1 fully saturated rings. The highest BCUT2D eigenvalue weighted by Gasteiger charge is 2.30. The number of esters is 1. The van der Waals surface area contributed by atoms with Crippen molar-refractivity contribution in [2.45, 2.75) is 53.0 Å². The van der Waals surface area contributed by atoms with Gasteiger partial charge in [0, 0.05) is 11.7 Å². The molecule has 122 valence electrons. The maximum atomic E-state index is 12.6. The Morgan fingerprint density at radius 3 is 2.55 bits per heavy atom. The molecule has 0 unspecified atom stereocenters. The summed E-state index contributed by atoms with van der Waals surface area (Å²) in [6.45, 7) is 7.99. The zero-order valence-corrected chi connectivity index (χ0v) is 14.1. The molecule has 1 aliphatic rings. The van der Waals surface area contributed by atoms with Crippen molar-refractivity contribution in [1.29, 1.82) is 0 Å². The van der Waals surface area contributed by atoms with E-state index in [0.29, 0.717) is 34.4 Å². The Hall–Kier alpha value is -1.78. The summed E-state index contributed by atoms with van der Waals surface area (Å²) in [7, 11) is 1.35. The minimum atomic E-state index is -0.412. The van der Waals surface area contributed by atoms with Gasteiger partial charge in [0.15, 0.2) is 0 Å². The van der Waals surface area contributed by atoms with E-state index in [1.54, 1.807) is 13.8 Å². The number of hydrogen-bond donors (Lipinski definition) is 2. The predicted octanol–water partition coefficient (Wildman–Crippen LogP) is 2.97. The molecule has 0 spiro atoms. The van der Waals surface area contributed by atoms with Gasteiger partial charge in [0.2, 0.25) is 0 Å². The Labute approximate surface area is 131 Å². The molecule has 1 saturated carbocycles. The summed E-state index contributed by atoms with van der Waals surface area (Å²) >= 11 is 0. The van der Waals surface area contributed by atoms with Crippen LogP contribution in [0.2, 0.25) is 0 Å². The molecular weight excluding hydrogens is 280 g/mol. The summed E-state index contributed by atoms with van der Waals surface area (Å²) in [5.74, 6) is 0.539. The SMILES string of the molecule is COC(=O)c1c(C)[nH]c(C(=O)N[C@@H]2CCC[C@H](C)[C@@H]2C)c1C. The van der Waals surface area contributed by atoms with Crippen LogP contribution in [-0.4, -0.2) is 30.0 Å². The van der Waals surface area contributed by atoms with Crippen molar-refractivity contribution in [2.24, 2.45) is 11.8 Å². The van der Waals surface area contributed by atoms with Crippen molar-refractivity contribution in [3.63, 3.8) is 0 Å². The maximum Gasteiger partial charge on any atom is 0.339 e. The molecule has 1 aromatic rings. The first-order valence-corrected chi connectivity index (χ1v) is 7.95. The second kappa shape index (κ2) is 6.55. The Kier molecular flexibility index (Phi) is 4.94. The van der Waals surface area contributed by atoms with Crippen LogP contribution >= 0.6 is 0 Å². The van der Waals surface area contributed by atoms with E-state index in [1.807, 2.05) is 0 Å². The third-order valence-corrected chi connectivity index (χ3v) is 5.08. The lowest BCUT2D eigenvalue weighted by molar-refractivity contribution is 0.0599. The van der Waals surface area contributed by atoms with E-state index in [2.05, 4.69) is 24.1 Å². The van der Waals surface area contributed by atoms with Gasteiger partial charge in [-0.15, -0.1) is 0 Å². The van der Waals surface area contributed by atoms with E-state index in [-0.39, 0.29) is 11.9 Å². The number of amides is 1. The molecule has 1 aliphatic carbocycles. The number of aromatic amines is 1. The maximum absolute atomic E-state index is 12.6. The predicted molar refractivity (Wildman–Crippen MR) is 85.0 cm³/mol. The number of rotatable bonds is 3. The Bertz CT molecular complexity index is 577. The molecular formula is C17H26N2O3. The van der Waals surface area contributed by atoms with Gasteiger partial charge >= 0.3 is 5.97 Å². The Morgan fingerprint density at radius 2 is 1.91 bits per heavy atom. The van der Waals surface area contributed by atoms with E-state index in [1.165, 1.54) is 13.5 Å². The summed E-state index contributed by atoms with van der Waals surface area (Å²) in [6, 6.07) is 0.195. The van der Waals surface area contributed by atoms with E-state index in [0.717, 1.165) is 12.8 Å². The van der Waals surface area contributed by atoms with E-state index < -0.39 is 5.97 Å².